The first-order valence-corrected chi connectivity index (χ1v) is 25.5. The predicted molar refractivity (Wildman–Crippen MR) is 269 cm³/mol. The number of piperidine rings is 1. The maximum Gasteiger partial charge on any atom is 0.409 e. The van der Waals surface area contributed by atoms with E-state index >= 15 is 8.78 Å². The summed E-state index contributed by atoms with van der Waals surface area (Å²) in [6.45, 7) is 8.19. The zero-order chi connectivity index (χ0) is 51.0. The van der Waals surface area contributed by atoms with Crippen LogP contribution in [-0.4, -0.2) is 142 Å². The van der Waals surface area contributed by atoms with Crippen molar-refractivity contribution in [1.82, 2.24) is 40.3 Å². The van der Waals surface area contributed by atoms with Crippen LogP contribution in [0.5, 0.6) is 6.01 Å². The molecule has 5 amide bonds. The summed E-state index contributed by atoms with van der Waals surface area (Å²) in [5.74, 6) is -0.354. The second-order valence-electron chi connectivity index (χ2n) is 20.9. The minimum Gasteiger partial charge on any atom is -0.461 e. The Morgan fingerprint density at radius 1 is 0.959 bits per heavy atom. The molecule has 3 aromatic carbocycles. The van der Waals surface area contributed by atoms with Crippen molar-refractivity contribution in [1.29, 1.82) is 0 Å². The normalized spacial score (nSPS) is 25.5. The van der Waals surface area contributed by atoms with Crippen LogP contribution in [0.4, 0.5) is 25.1 Å². The fraction of sp³-hybridized carbons (Fsp3) is 0.418. The summed E-state index contributed by atoms with van der Waals surface area (Å²) in [5.41, 5.74) is 1.84. The number of amides is 5. The Bertz CT molecular complexity index is 3260. The van der Waals surface area contributed by atoms with Gasteiger partial charge in [0.1, 0.15) is 42.1 Å². The highest BCUT2D eigenvalue weighted by Crippen LogP contribution is 2.45. The van der Waals surface area contributed by atoms with E-state index in [4.69, 9.17) is 25.9 Å². The van der Waals surface area contributed by atoms with Crippen LogP contribution in [0, 0.1) is 29.9 Å². The molecule has 0 spiro atoms. The number of carbonyl (C=O) groups is 5. The first kappa shape index (κ1) is 47.4. The largest absolute Gasteiger partial charge is 0.461 e. The van der Waals surface area contributed by atoms with Crippen LogP contribution < -0.4 is 25.6 Å². The molecular weight excluding hydrogens is 951 g/mol. The Labute approximate surface area is 425 Å². The number of rotatable bonds is 12. The average Bonchev–Trinajstić information content (AvgIpc) is 4.21. The number of likely N-dealkylation sites (tertiary alicyclic amines) is 1. The molecule has 2 bridgehead atoms. The van der Waals surface area contributed by atoms with E-state index in [2.05, 4.69) is 43.2 Å². The van der Waals surface area contributed by atoms with E-state index in [1.807, 2.05) is 0 Å². The van der Waals surface area contributed by atoms with Crippen LogP contribution in [-0.2, 0) is 14.3 Å². The van der Waals surface area contributed by atoms with E-state index < -0.39 is 46.8 Å². The lowest BCUT2D eigenvalue weighted by Crippen LogP contribution is -2.54. The van der Waals surface area contributed by atoms with E-state index in [-0.39, 0.29) is 90.1 Å². The van der Waals surface area contributed by atoms with E-state index in [9.17, 15) is 24.0 Å². The molecular formula is C55H54F2N10O7. The predicted octanol–water partition coefficient (Wildman–Crippen LogP) is 5.95. The quantitative estimate of drug-likeness (QED) is 0.0755. The second kappa shape index (κ2) is 18.7. The molecule has 6 saturated heterocycles. The minimum absolute atomic E-state index is 0.0142. The Hall–Kier alpha value is -7.56. The number of imide groups is 2. The van der Waals surface area contributed by atoms with Crippen LogP contribution in [0.15, 0.2) is 66.9 Å². The Morgan fingerprint density at radius 3 is 2.58 bits per heavy atom. The van der Waals surface area contributed by atoms with Crippen molar-refractivity contribution in [2.24, 2.45) is 5.92 Å². The molecule has 5 aromatic rings. The van der Waals surface area contributed by atoms with Gasteiger partial charge in [-0.2, -0.15) is 9.97 Å². The number of pyridine rings is 1. The van der Waals surface area contributed by atoms with E-state index in [1.54, 1.807) is 53.6 Å². The number of anilines is 2. The lowest BCUT2D eigenvalue weighted by molar-refractivity contribution is -0.136. The number of fused-ring (bicyclic) bond motifs is 6. The van der Waals surface area contributed by atoms with Gasteiger partial charge in [0.15, 0.2) is 5.82 Å². The van der Waals surface area contributed by atoms with Gasteiger partial charge in [0.2, 0.25) is 11.8 Å². The molecule has 2 aromatic heterocycles. The van der Waals surface area contributed by atoms with E-state index in [0.29, 0.717) is 85.3 Å². The number of halogens is 2. The smallest absolute Gasteiger partial charge is 0.409 e. The maximum atomic E-state index is 17.2. The third-order valence-corrected chi connectivity index (χ3v) is 16.3. The van der Waals surface area contributed by atoms with Gasteiger partial charge in [0.05, 0.1) is 27.6 Å². The monoisotopic (exact) mass is 1000 g/mol. The van der Waals surface area contributed by atoms with Crippen LogP contribution in [0.2, 0.25) is 0 Å². The highest BCUT2D eigenvalue weighted by Gasteiger charge is 2.52. The summed E-state index contributed by atoms with van der Waals surface area (Å²) < 4.78 is 44.9. The first-order valence-electron chi connectivity index (χ1n) is 25.5. The van der Waals surface area contributed by atoms with Gasteiger partial charge in [-0.25, -0.2) is 13.6 Å². The van der Waals surface area contributed by atoms with Crippen molar-refractivity contribution in [3.05, 3.63) is 95.2 Å². The van der Waals surface area contributed by atoms with Gasteiger partial charge < -0.3 is 29.9 Å². The molecule has 380 valence electrons. The Morgan fingerprint density at radius 2 is 1.77 bits per heavy atom. The zero-order valence-electron chi connectivity index (χ0n) is 40.6. The van der Waals surface area contributed by atoms with Crippen molar-refractivity contribution in [3.8, 4) is 29.6 Å². The summed E-state index contributed by atoms with van der Waals surface area (Å²) in [6.07, 6.45) is 12.8. The molecule has 0 saturated carbocycles. The highest BCUT2D eigenvalue weighted by molar-refractivity contribution is 6.25. The third kappa shape index (κ3) is 8.24. The average molecular weight is 1010 g/mol. The molecule has 12 rings (SSSR count). The summed E-state index contributed by atoms with van der Waals surface area (Å²) in [5, 5.41) is 10.7. The van der Waals surface area contributed by atoms with Gasteiger partial charge in [-0.05, 0) is 80.9 Å². The molecule has 19 heteroatoms. The maximum absolute atomic E-state index is 17.2. The Balaban J connectivity index is 0.704. The molecule has 4 unspecified atom stereocenters. The first-order chi connectivity index (χ1) is 35.9. The fourth-order valence-electron chi connectivity index (χ4n) is 12.7. The molecule has 6 atom stereocenters. The molecule has 0 aliphatic carbocycles. The van der Waals surface area contributed by atoms with Gasteiger partial charge in [-0.15, -0.1) is 6.42 Å². The van der Waals surface area contributed by atoms with Gasteiger partial charge >= 0.3 is 12.1 Å². The SMILES string of the molecule is C#Cc1c(F)ccc2cccc(-c3ncc4c(N5CC6CCC(C5)N6)nc(OC[C@@]56CC[C@@H](COC(=O)N7CCC(CCNc8cccc9c8C(=O)N(C8CCC(=O)NC8=O)C9=O)C7)N5CC(=C)C6)nc4c3F)c12. The number of benzene rings is 3. The topological polar surface area (TPSA) is 192 Å². The van der Waals surface area contributed by atoms with Gasteiger partial charge in [0.25, 0.3) is 11.8 Å². The number of hydrogen-bond acceptors (Lipinski definition) is 14. The third-order valence-electron chi connectivity index (χ3n) is 16.3. The van der Waals surface area contributed by atoms with E-state index in [1.165, 1.54) is 6.07 Å². The molecule has 3 N–H and O–H groups in total. The molecule has 9 heterocycles. The number of carbonyl (C=O) groups excluding carboxylic acids is 5. The summed E-state index contributed by atoms with van der Waals surface area (Å²) in [4.78, 5) is 86.2. The molecule has 6 fully saturated rings. The molecule has 17 nitrogen and oxygen atoms in total. The summed E-state index contributed by atoms with van der Waals surface area (Å²) in [6, 6.07) is 12.5. The Kier molecular flexibility index (Phi) is 12.0. The number of piperazine rings is 1. The van der Waals surface area contributed by atoms with Gasteiger partial charge in [-0.3, -0.25) is 39.3 Å². The van der Waals surface area contributed by atoms with Crippen LogP contribution in [0.25, 0.3) is 32.9 Å². The summed E-state index contributed by atoms with van der Waals surface area (Å²) >= 11 is 0. The second-order valence-corrected chi connectivity index (χ2v) is 20.9. The molecule has 74 heavy (non-hydrogen) atoms. The highest BCUT2D eigenvalue weighted by atomic mass is 19.1. The molecule has 0 radical (unpaired) electrons. The van der Waals surface area contributed by atoms with Crippen molar-refractivity contribution < 1.29 is 42.2 Å². The van der Waals surface area contributed by atoms with Crippen LogP contribution >= 0.6 is 0 Å². The minimum atomic E-state index is -1.05. The number of aromatic nitrogens is 3. The van der Waals surface area contributed by atoms with Crippen molar-refractivity contribution in [2.75, 3.05) is 62.7 Å². The lowest BCUT2D eigenvalue weighted by atomic mass is 9.94. The van der Waals surface area contributed by atoms with Crippen molar-refractivity contribution in [2.45, 2.75) is 87.5 Å². The van der Waals surface area contributed by atoms with Gasteiger partial charge in [-0.1, -0.05) is 48.4 Å². The van der Waals surface area contributed by atoms with Gasteiger partial charge in [0, 0.05) is 86.6 Å². The fourth-order valence-corrected chi connectivity index (χ4v) is 12.7. The number of hydrogen-bond donors (Lipinski definition) is 3. The number of nitrogens with zero attached hydrogens (tertiary/aromatic N) is 7. The number of ether oxygens (including phenoxy) is 2. The zero-order valence-corrected chi connectivity index (χ0v) is 40.6. The van der Waals surface area contributed by atoms with E-state index in [0.717, 1.165) is 42.6 Å². The van der Waals surface area contributed by atoms with Crippen molar-refractivity contribution in [3.63, 3.8) is 0 Å². The lowest BCUT2D eigenvalue weighted by Gasteiger charge is -2.35. The number of terminal acetylenes is 1. The van der Waals surface area contributed by atoms with Crippen LogP contribution in [0.1, 0.15) is 84.1 Å². The van der Waals surface area contributed by atoms with Crippen molar-refractivity contribution >= 4 is 62.9 Å². The number of nitrogens with one attached hydrogen (secondary N) is 3. The molecule has 7 aliphatic rings. The summed E-state index contributed by atoms with van der Waals surface area (Å²) in [7, 11) is 0. The van der Waals surface area contributed by atoms with Crippen LogP contribution in [0.3, 0.4) is 0 Å². The molecule has 7 aliphatic heterocycles. The standard InChI is InChI=1S/C55H54F2N10O7/c1-3-36-40(56)13-10-32-6-4-7-37(44(32)36)47-46(57)48-39(23-59-47)49(65-26-33-11-12-34(27-65)60-33)63-53(62-48)74-29-55-19-16-35(66(55)24-30(2)22-55)28-73-54(72)64-21-18-31(25-64)17-20-58-41-9-5-8-38-45(41)52(71)67(51(38)70)42-14-15-43(68)61-50(42)69/h1,4-10,13,23,31,33-35,42,58,60H,2,11-12,14-22,24-29H2,(H,61,68,69)/t31?,33?,34?,35-,42?,55-/m0/s1.